The third kappa shape index (κ3) is 3.60. The number of nitrogens with two attached hydrogens (primary N) is 1. The van der Waals surface area contributed by atoms with Gasteiger partial charge in [0.2, 0.25) is 0 Å². The summed E-state index contributed by atoms with van der Waals surface area (Å²) in [6, 6.07) is 9.50. The molecule has 1 aliphatic heterocycles. The molecule has 2 aromatic carbocycles. The van der Waals surface area contributed by atoms with Gasteiger partial charge < -0.3 is 15.8 Å². The van der Waals surface area contributed by atoms with Crippen molar-refractivity contribution in [3.8, 4) is 0 Å². The number of nitrogens with zero attached hydrogens (tertiary/aromatic N) is 1. The highest BCUT2D eigenvalue weighted by molar-refractivity contribution is 6.30. The van der Waals surface area contributed by atoms with Gasteiger partial charge in [-0.2, -0.15) is 0 Å². The van der Waals surface area contributed by atoms with Crippen molar-refractivity contribution in [2.45, 2.75) is 59.2 Å². The number of hydrogen-bond donors (Lipinski definition) is 2. The minimum Gasteiger partial charge on any atom is -0.450 e. The Kier molecular flexibility index (Phi) is 5.35. The van der Waals surface area contributed by atoms with E-state index in [1.54, 1.807) is 4.90 Å². The molecule has 2 aliphatic rings. The standard InChI is InChI=1S/C24H30ClN3O2/c1-5-30-23(29)28-14(2)27-19-12-15-9-10-24(3,4)13-18(15)21(26)20(19)22(28)16-7-6-8-17(25)11-16/h6-8,11-12,14,22,27H,5,9-10,13,26H2,1-4H3. The molecule has 0 spiro atoms. The number of nitrogens with one attached hydrogen (secondary N) is 1. The first-order valence-corrected chi connectivity index (χ1v) is 11.0. The maximum Gasteiger partial charge on any atom is 0.412 e. The second-order valence-corrected chi connectivity index (χ2v) is 9.55. The fourth-order valence-corrected chi connectivity index (χ4v) is 5.03. The van der Waals surface area contributed by atoms with Crippen LogP contribution in [-0.2, 0) is 17.6 Å². The summed E-state index contributed by atoms with van der Waals surface area (Å²) < 4.78 is 5.41. The summed E-state index contributed by atoms with van der Waals surface area (Å²) in [4.78, 5) is 14.7. The number of fused-ring (bicyclic) bond motifs is 2. The molecule has 2 atom stereocenters. The Bertz CT molecular complexity index is 989. The van der Waals surface area contributed by atoms with E-state index in [1.807, 2.05) is 38.1 Å². The van der Waals surface area contributed by atoms with E-state index in [0.29, 0.717) is 11.6 Å². The Hall–Kier alpha value is -2.40. The molecule has 1 aliphatic carbocycles. The number of hydrogen-bond acceptors (Lipinski definition) is 4. The third-order valence-corrected chi connectivity index (χ3v) is 6.55. The zero-order chi connectivity index (χ0) is 21.6. The number of benzene rings is 2. The molecule has 0 radical (unpaired) electrons. The van der Waals surface area contributed by atoms with Crippen LogP contribution >= 0.6 is 11.6 Å². The van der Waals surface area contributed by atoms with Gasteiger partial charge in [-0.25, -0.2) is 4.79 Å². The third-order valence-electron chi connectivity index (χ3n) is 6.31. The summed E-state index contributed by atoms with van der Waals surface area (Å²) in [5.41, 5.74) is 13.2. The van der Waals surface area contributed by atoms with Crippen LogP contribution in [0.5, 0.6) is 0 Å². The lowest BCUT2D eigenvalue weighted by atomic mass is 9.72. The van der Waals surface area contributed by atoms with E-state index in [2.05, 4.69) is 25.2 Å². The van der Waals surface area contributed by atoms with Gasteiger partial charge in [-0.15, -0.1) is 0 Å². The number of halogens is 1. The van der Waals surface area contributed by atoms with E-state index in [9.17, 15) is 4.79 Å². The number of carbonyl (C=O) groups excluding carboxylic acids is 1. The van der Waals surface area contributed by atoms with Crippen LogP contribution in [0.15, 0.2) is 30.3 Å². The highest BCUT2D eigenvalue weighted by atomic mass is 35.5. The topological polar surface area (TPSA) is 67.6 Å². The second-order valence-electron chi connectivity index (χ2n) is 9.11. The summed E-state index contributed by atoms with van der Waals surface area (Å²) in [5, 5.41) is 4.11. The van der Waals surface area contributed by atoms with Gasteiger partial charge >= 0.3 is 6.09 Å². The molecule has 4 rings (SSSR count). The van der Waals surface area contributed by atoms with E-state index in [4.69, 9.17) is 22.1 Å². The summed E-state index contributed by atoms with van der Waals surface area (Å²) in [7, 11) is 0. The fraction of sp³-hybridized carbons (Fsp3) is 0.458. The minimum atomic E-state index is -0.371. The molecule has 2 unspecified atom stereocenters. The molecule has 6 heteroatoms. The Labute approximate surface area is 183 Å². The minimum absolute atomic E-state index is 0.205. The molecule has 0 saturated heterocycles. The van der Waals surface area contributed by atoms with Crippen molar-refractivity contribution in [2.24, 2.45) is 5.41 Å². The van der Waals surface area contributed by atoms with Gasteiger partial charge in [0, 0.05) is 22.0 Å². The molecule has 5 nitrogen and oxygen atoms in total. The van der Waals surface area contributed by atoms with Crippen LogP contribution in [0.25, 0.3) is 0 Å². The molecule has 2 aromatic rings. The number of rotatable bonds is 2. The number of aryl methyl sites for hydroxylation is 1. The SMILES string of the molecule is CCOC(=O)N1C(C)Nc2cc3c(c(N)c2C1c1cccc(Cl)c1)CC(C)(C)CC3. The number of carbonyl (C=O) groups is 1. The number of ether oxygens (including phenoxy) is 1. The molecule has 0 fully saturated rings. The summed E-state index contributed by atoms with van der Waals surface area (Å²) in [6.45, 7) is 8.67. The smallest absolute Gasteiger partial charge is 0.412 e. The molecule has 0 bridgehead atoms. The van der Waals surface area contributed by atoms with Crippen LogP contribution < -0.4 is 11.1 Å². The normalized spacial score (nSPS) is 22.0. The predicted octanol–water partition coefficient (Wildman–Crippen LogP) is 5.76. The van der Waals surface area contributed by atoms with Gasteiger partial charge in [-0.1, -0.05) is 37.6 Å². The van der Waals surface area contributed by atoms with Crippen molar-refractivity contribution in [1.29, 1.82) is 0 Å². The van der Waals surface area contributed by atoms with Crippen molar-refractivity contribution in [3.63, 3.8) is 0 Å². The highest BCUT2D eigenvalue weighted by Crippen LogP contribution is 2.48. The van der Waals surface area contributed by atoms with Crippen molar-refractivity contribution in [1.82, 2.24) is 4.90 Å². The molecule has 160 valence electrons. The van der Waals surface area contributed by atoms with Crippen LogP contribution in [-0.4, -0.2) is 23.8 Å². The van der Waals surface area contributed by atoms with Gasteiger partial charge in [-0.3, -0.25) is 4.90 Å². The van der Waals surface area contributed by atoms with E-state index in [1.165, 1.54) is 11.1 Å². The molecule has 3 N–H and O–H groups in total. The Morgan fingerprint density at radius 3 is 2.83 bits per heavy atom. The Balaban J connectivity index is 1.93. The first kappa shape index (κ1) is 20.9. The Morgan fingerprint density at radius 1 is 1.37 bits per heavy atom. The van der Waals surface area contributed by atoms with Crippen LogP contribution in [0.1, 0.15) is 62.4 Å². The molecule has 1 heterocycles. The van der Waals surface area contributed by atoms with Crippen LogP contribution in [0.4, 0.5) is 16.2 Å². The van der Waals surface area contributed by atoms with Gasteiger partial charge in [0.1, 0.15) is 6.17 Å². The lowest BCUT2D eigenvalue weighted by Crippen LogP contribution is -2.49. The Morgan fingerprint density at radius 2 is 2.13 bits per heavy atom. The van der Waals surface area contributed by atoms with Gasteiger partial charge in [0.05, 0.1) is 12.6 Å². The quantitative estimate of drug-likeness (QED) is 0.598. The summed E-state index contributed by atoms with van der Waals surface area (Å²) in [6.07, 6.45) is 2.46. The van der Waals surface area contributed by atoms with Crippen molar-refractivity contribution in [2.75, 3.05) is 17.7 Å². The van der Waals surface area contributed by atoms with Crippen molar-refractivity contribution < 1.29 is 9.53 Å². The van der Waals surface area contributed by atoms with Crippen LogP contribution in [0.3, 0.4) is 0 Å². The number of anilines is 2. The van der Waals surface area contributed by atoms with E-state index >= 15 is 0 Å². The largest absolute Gasteiger partial charge is 0.450 e. The van der Waals surface area contributed by atoms with Crippen LogP contribution in [0, 0.1) is 5.41 Å². The zero-order valence-corrected chi connectivity index (χ0v) is 18.8. The molecule has 0 aromatic heterocycles. The maximum atomic E-state index is 13.0. The highest BCUT2D eigenvalue weighted by Gasteiger charge is 2.40. The van der Waals surface area contributed by atoms with Crippen LogP contribution in [0.2, 0.25) is 5.02 Å². The van der Waals surface area contributed by atoms with Gasteiger partial charge in [-0.05, 0) is 73.4 Å². The fourth-order valence-electron chi connectivity index (χ4n) is 4.83. The van der Waals surface area contributed by atoms with Gasteiger partial charge in [0.25, 0.3) is 0 Å². The van der Waals surface area contributed by atoms with Gasteiger partial charge in [0.15, 0.2) is 0 Å². The first-order valence-electron chi connectivity index (χ1n) is 10.6. The average Bonchev–Trinajstić information content (AvgIpc) is 2.67. The predicted molar refractivity (Wildman–Crippen MR) is 122 cm³/mol. The van der Waals surface area contributed by atoms with E-state index < -0.39 is 0 Å². The lowest BCUT2D eigenvalue weighted by molar-refractivity contribution is 0.0826. The van der Waals surface area contributed by atoms with E-state index in [-0.39, 0.29) is 23.7 Å². The molecular weight excluding hydrogens is 398 g/mol. The maximum absolute atomic E-state index is 13.0. The average molecular weight is 428 g/mol. The first-order chi connectivity index (χ1) is 14.2. The number of amides is 1. The summed E-state index contributed by atoms with van der Waals surface area (Å²) in [5.74, 6) is 0. The molecule has 1 amide bonds. The van der Waals surface area contributed by atoms with Crippen molar-refractivity contribution in [3.05, 3.63) is 57.6 Å². The zero-order valence-electron chi connectivity index (χ0n) is 18.1. The molecule has 30 heavy (non-hydrogen) atoms. The molecular formula is C24H30ClN3O2. The lowest BCUT2D eigenvalue weighted by Gasteiger charge is -2.44. The summed E-state index contributed by atoms with van der Waals surface area (Å²) >= 11 is 6.33. The molecule has 0 saturated carbocycles. The second kappa shape index (κ2) is 7.69. The van der Waals surface area contributed by atoms with Crippen molar-refractivity contribution >= 4 is 29.1 Å². The number of nitrogen functional groups attached to an aromatic ring is 1. The monoisotopic (exact) mass is 427 g/mol. The van der Waals surface area contributed by atoms with E-state index in [0.717, 1.165) is 41.8 Å².